The van der Waals surface area contributed by atoms with Gasteiger partial charge in [-0.1, -0.05) is 6.07 Å². The Bertz CT molecular complexity index is 1550. The molecule has 0 atom stereocenters. The Labute approximate surface area is 201 Å². The average molecular weight is 474 g/mol. The minimum atomic E-state index is -0.323. The highest BCUT2D eigenvalue weighted by molar-refractivity contribution is 7.71. The number of carbonyl (C=O) groups is 1. The number of methoxy groups -OCH3 is 2. The molecule has 1 amide bonds. The molecule has 0 spiro atoms. The molecule has 0 bridgehead atoms. The fourth-order valence-electron chi connectivity index (χ4n) is 4.40. The van der Waals surface area contributed by atoms with Crippen LogP contribution in [-0.2, 0) is 12.8 Å². The summed E-state index contributed by atoms with van der Waals surface area (Å²) in [5.74, 6) is 0.792. The number of hydrogen-bond donors (Lipinski definition) is 2. The Kier molecular flexibility index (Phi) is 5.67. The van der Waals surface area contributed by atoms with Gasteiger partial charge in [0.05, 0.1) is 30.8 Å². The number of aromatic amines is 1. The molecule has 0 aliphatic heterocycles. The van der Waals surface area contributed by atoms with Crippen molar-refractivity contribution in [3.05, 3.63) is 86.4 Å². The molecule has 5 rings (SSSR count). The summed E-state index contributed by atoms with van der Waals surface area (Å²) in [5, 5.41) is 3.35. The van der Waals surface area contributed by atoms with Crippen LogP contribution in [-0.4, -0.2) is 29.7 Å². The van der Waals surface area contributed by atoms with Crippen LogP contribution in [0.5, 0.6) is 11.5 Å². The number of carbonyl (C=O) groups excluding carboxylic acids is 1. The molecule has 34 heavy (non-hydrogen) atoms. The van der Waals surface area contributed by atoms with E-state index in [2.05, 4.69) is 16.4 Å². The normalized spacial score (nSPS) is 12.4. The molecule has 8 heteroatoms. The third-order valence-corrected chi connectivity index (χ3v) is 6.43. The number of ether oxygens (including phenoxy) is 2. The molecule has 1 aliphatic carbocycles. The van der Waals surface area contributed by atoms with Crippen molar-refractivity contribution in [3.8, 4) is 17.2 Å². The quantitative estimate of drug-likeness (QED) is 0.407. The highest BCUT2D eigenvalue weighted by Gasteiger charge is 2.16. The minimum Gasteiger partial charge on any atom is -0.497 e. The number of aromatic nitrogens is 2. The Morgan fingerprint density at radius 2 is 1.82 bits per heavy atom. The molecular weight excluding hydrogens is 450 g/mol. The van der Waals surface area contributed by atoms with Gasteiger partial charge in [0.25, 0.3) is 11.5 Å². The van der Waals surface area contributed by atoms with Crippen molar-refractivity contribution in [2.45, 2.75) is 19.3 Å². The van der Waals surface area contributed by atoms with Gasteiger partial charge in [-0.3, -0.25) is 9.59 Å². The van der Waals surface area contributed by atoms with E-state index in [-0.39, 0.29) is 16.2 Å². The largest absolute Gasteiger partial charge is 0.497 e. The first-order chi connectivity index (χ1) is 16.5. The van der Waals surface area contributed by atoms with Crippen molar-refractivity contribution in [1.82, 2.24) is 9.55 Å². The minimum absolute atomic E-state index is 0.181. The lowest BCUT2D eigenvalue weighted by Gasteiger charge is -2.14. The zero-order valence-electron chi connectivity index (χ0n) is 18.8. The smallest absolute Gasteiger partial charge is 0.266 e. The van der Waals surface area contributed by atoms with Crippen LogP contribution in [0.2, 0.25) is 0 Å². The van der Waals surface area contributed by atoms with Gasteiger partial charge in [0.2, 0.25) is 0 Å². The van der Waals surface area contributed by atoms with Gasteiger partial charge in [0.15, 0.2) is 4.77 Å². The second-order valence-electron chi connectivity index (χ2n) is 8.16. The van der Waals surface area contributed by atoms with Crippen molar-refractivity contribution >= 4 is 34.7 Å². The maximum Gasteiger partial charge on any atom is 0.266 e. The first-order valence-electron chi connectivity index (χ1n) is 10.9. The van der Waals surface area contributed by atoms with E-state index in [1.165, 1.54) is 22.8 Å². The summed E-state index contributed by atoms with van der Waals surface area (Å²) in [7, 11) is 3.07. The summed E-state index contributed by atoms with van der Waals surface area (Å²) >= 11 is 5.51. The zero-order valence-corrected chi connectivity index (χ0v) is 19.6. The highest BCUT2D eigenvalue weighted by atomic mass is 32.1. The van der Waals surface area contributed by atoms with Crippen molar-refractivity contribution < 1.29 is 14.3 Å². The van der Waals surface area contributed by atoms with Gasteiger partial charge < -0.3 is 19.8 Å². The predicted octanol–water partition coefficient (Wildman–Crippen LogP) is 4.81. The summed E-state index contributed by atoms with van der Waals surface area (Å²) in [5.41, 5.74) is 4.45. The van der Waals surface area contributed by atoms with Crippen LogP contribution in [0.1, 0.15) is 27.9 Å². The predicted molar refractivity (Wildman–Crippen MR) is 134 cm³/mol. The first-order valence-corrected chi connectivity index (χ1v) is 11.3. The average Bonchev–Trinajstić information content (AvgIpc) is 3.31. The standard InChI is InChI=1S/C26H23N3O4S/c1-32-19-9-11-23(33-2)22(14-19)29-25(31)20-10-7-17(13-21(20)28-26(29)34)24(30)27-18-8-6-15-4-3-5-16(15)12-18/h6-14H,3-5H2,1-2H3,(H,27,30)(H,28,34). The summed E-state index contributed by atoms with van der Waals surface area (Å²) in [6.07, 6.45) is 3.28. The van der Waals surface area contributed by atoms with Gasteiger partial charge in [-0.15, -0.1) is 0 Å². The number of fused-ring (bicyclic) bond motifs is 2. The van der Waals surface area contributed by atoms with Crippen molar-refractivity contribution in [3.63, 3.8) is 0 Å². The van der Waals surface area contributed by atoms with E-state index in [1.54, 1.807) is 43.5 Å². The highest BCUT2D eigenvalue weighted by Crippen LogP contribution is 2.28. The van der Waals surface area contributed by atoms with E-state index in [9.17, 15) is 9.59 Å². The topological polar surface area (TPSA) is 85.3 Å². The third-order valence-electron chi connectivity index (χ3n) is 6.14. The lowest BCUT2D eigenvalue weighted by molar-refractivity contribution is 0.102. The summed E-state index contributed by atoms with van der Waals surface area (Å²) < 4.78 is 12.3. The van der Waals surface area contributed by atoms with Crippen LogP contribution in [0.4, 0.5) is 5.69 Å². The number of rotatable bonds is 5. The van der Waals surface area contributed by atoms with Crippen LogP contribution in [0.3, 0.4) is 0 Å². The lowest BCUT2D eigenvalue weighted by atomic mass is 10.1. The Hall–Kier alpha value is -3.91. The Balaban J connectivity index is 1.52. The number of anilines is 1. The molecule has 1 aliphatic rings. The maximum atomic E-state index is 13.4. The van der Waals surface area contributed by atoms with E-state index < -0.39 is 0 Å². The number of aryl methyl sites for hydroxylation is 2. The van der Waals surface area contributed by atoms with E-state index in [1.807, 2.05) is 12.1 Å². The number of amides is 1. The number of nitrogens with one attached hydrogen (secondary N) is 2. The molecule has 0 unspecified atom stereocenters. The lowest BCUT2D eigenvalue weighted by Crippen LogP contribution is -2.21. The summed E-state index contributed by atoms with van der Waals surface area (Å²) in [6.45, 7) is 0. The second-order valence-corrected chi connectivity index (χ2v) is 8.55. The maximum absolute atomic E-state index is 13.4. The number of H-pyrrole nitrogens is 1. The Morgan fingerprint density at radius 1 is 1.00 bits per heavy atom. The first kappa shape index (κ1) is 21.9. The molecule has 3 aromatic carbocycles. The molecular formula is C26H23N3O4S. The van der Waals surface area contributed by atoms with E-state index in [0.717, 1.165) is 24.9 Å². The molecule has 4 aromatic rings. The van der Waals surface area contributed by atoms with Crippen LogP contribution < -0.4 is 20.3 Å². The van der Waals surface area contributed by atoms with Gasteiger partial charge in [0.1, 0.15) is 11.5 Å². The fraction of sp³-hybridized carbons (Fsp3) is 0.192. The third kappa shape index (κ3) is 3.86. The molecule has 0 radical (unpaired) electrons. The fourth-order valence-corrected chi connectivity index (χ4v) is 4.69. The Morgan fingerprint density at radius 3 is 2.62 bits per heavy atom. The van der Waals surface area contributed by atoms with Crippen LogP contribution in [0.25, 0.3) is 16.6 Å². The van der Waals surface area contributed by atoms with Gasteiger partial charge in [-0.05, 0) is 85.1 Å². The van der Waals surface area contributed by atoms with Crippen molar-refractivity contribution in [2.75, 3.05) is 19.5 Å². The molecule has 172 valence electrons. The van der Waals surface area contributed by atoms with Gasteiger partial charge in [0, 0.05) is 17.3 Å². The number of nitrogens with zero attached hydrogens (tertiary/aromatic N) is 1. The van der Waals surface area contributed by atoms with E-state index >= 15 is 0 Å². The SMILES string of the molecule is COc1ccc(OC)c(-n2c(=S)[nH]c3cc(C(=O)Nc4ccc5c(c4)CCC5)ccc3c2=O)c1. The van der Waals surface area contributed by atoms with Crippen LogP contribution in [0, 0.1) is 4.77 Å². The molecule has 0 saturated carbocycles. The zero-order chi connectivity index (χ0) is 23.8. The van der Waals surface area contributed by atoms with Crippen LogP contribution in [0.15, 0.2) is 59.4 Å². The van der Waals surface area contributed by atoms with Gasteiger partial charge in [-0.2, -0.15) is 0 Å². The number of benzene rings is 3. The van der Waals surface area contributed by atoms with Gasteiger partial charge in [-0.25, -0.2) is 4.57 Å². The molecule has 0 fully saturated rings. The van der Waals surface area contributed by atoms with E-state index in [4.69, 9.17) is 21.7 Å². The monoisotopic (exact) mass is 473 g/mol. The molecule has 7 nitrogen and oxygen atoms in total. The molecule has 0 saturated heterocycles. The van der Waals surface area contributed by atoms with Gasteiger partial charge >= 0.3 is 0 Å². The van der Waals surface area contributed by atoms with Crippen LogP contribution >= 0.6 is 12.2 Å². The summed E-state index contributed by atoms with van der Waals surface area (Å²) in [6, 6.07) is 16.1. The molecule has 2 N–H and O–H groups in total. The second kappa shape index (κ2) is 8.79. The van der Waals surface area contributed by atoms with E-state index in [0.29, 0.717) is 33.7 Å². The number of hydrogen-bond acceptors (Lipinski definition) is 5. The van der Waals surface area contributed by atoms with Crippen molar-refractivity contribution in [1.29, 1.82) is 0 Å². The van der Waals surface area contributed by atoms with Crippen molar-refractivity contribution in [2.24, 2.45) is 0 Å². The molecule has 1 aromatic heterocycles. The molecule has 1 heterocycles. The summed E-state index contributed by atoms with van der Waals surface area (Å²) in [4.78, 5) is 29.4.